The van der Waals surface area contributed by atoms with E-state index in [9.17, 15) is 9.59 Å². The van der Waals surface area contributed by atoms with Crippen molar-refractivity contribution in [3.63, 3.8) is 0 Å². The summed E-state index contributed by atoms with van der Waals surface area (Å²) in [6, 6.07) is 16.5. The Hall–Kier alpha value is -3.41. The standard InChI is InChI=1S/C21H19N3O3/c1-13-18(24-21(27-13)14-6-3-2-4-7-14)20(26)23-17-9-5-8-15(12-17)19(25)22-16-10-11-16/h2-9,12,16H,10-11H2,1H3,(H,22,25)(H,23,26). The van der Waals surface area contributed by atoms with Gasteiger partial charge in [-0.15, -0.1) is 0 Å². The van der Waals surface area contributed by atoms with Gasteiger partial charge in [-0.3, -0.25) is 9.59 Å². The van der Waals surface area contributed by atoms with E-state index >= 15 is 0 Å². The van der Waals surface area contributed by atoms with Gasteiger partial charge in [-0.25, -0.2) is 4.98 Å². The molecule has 2 aromatic carbocycles. The molecule has 1 fully saturated rings. The van der Waals surface area contributed by atoms with Crippen LogP contribution in [0.4, 0.5) is 5.69 Å². The lowest BCUT2D eigenvalue weighted by molar-refractivity contribution is 0.0949. The maximum Gasteiger partial charge on any atom is 0.277 e. The third-order valence-electron chi connectivity index (χ3n) is 4.33. The van der Waals surface area contributed by atoms with Crippen LogP contribution in [0.25, 0.3) is 11.5 Å². The zero-order chi connectivity index (χ0) is 18.8. The van der Waals surface area contributed by atoms with Crippen molar-refractivity contribution in [3.8, 4) is 11.5 Å². The molecule has 1 saturated carbocycles. The van der Waals surface area contributed by atoms with Crippen LogP contribution in [0.3, 0.4) is 0 Å². The Kier molecular flexibility index (Phi) is 4.46. The van der Waals surface area contributed by atoms with E-state index in [-0.39, 0.29) is 23.6 Å². The highest BCUT2D eigenvalue weighted by molar-refractivity contribution is 6.04. The molecule has 0 spiro atoms. The predicted molar refractivity (Wildman–Crippen MR) is 102 cm³/mol. The van der Waals surface area contributed by atoms with E-state index in [1.807, 2.05) is 30.3 Å². The van der Waals surface area contributed by atoms with Crippen LogP contribution in [0.1, 0.15) is 39.4 Å². The van der Waals surface area contributed by atoms with Gasteiger partial charge in [0.1, 0.15) is 5.76 Å². The summed E-state index contributed by atoms with van der Waals surface area (Å²) < 4.78 is 5.64. The number of hydrogen-bond acceptors (Lipinski definition) is 4. The highest BCUT2D eigenvalue weighted by Crippen LogP contribution is 2.23. The second kappa shape index (κ2) is 7.07. The third kappa shape index (κ3) is 3.89. The first-order valence-electron chi connectivity index (χ1n) is 8.85. The van der Waals surface area contributed by atoms with Crippen molar-refractivity contribution >= 4 is 17.5 Å². The number of nitrogens with one attached hydrogen (secondary N) is 2. The predicted octanol–water partition coefficient (Wildman–Crippen LogP) is 3.79. The minimum absolute atomic E-state index is 0.127. The fraction of sp³-hybridized carbons (Fsp3) is 0.190. The van der Waals surface area contributed by atoms with Gasteiger partial charge in [-0.2, -0.15) is 0 Å². The Balaban J connectivity index is 1.51. The SMILES string of the molecule is Cc1oc(-c2ccccc2)nc1C(=O)Nc1cccc(C(=O)NC2CC2)c1. The second-order valence-corrected chi connectivity index (χ2v) is 6.57. The van der Waals surface area contributed by atoms with Crippen molar-refractivity contribution in [1.29, 1.82) is 0 Å². The molecular formula is C21H19N3O3. The summed E-state index contributed by atoms with van der Waals surface area (Å²) in [4.78, 5) is 29.1. The molecule has 0 saturated heterocycles. The molecule has 3 aromatic rings. The van der Waals surface area contributed by atoms with Gasteiger partial charge in [0.15, 0.2) is 5.69 Å². The smallest absolute Gasteiger partial charge is 0.277 e. The zero-order valence-corrected chi connectivity index (χ0v) is 14.9. The first-order chi connectivity index (χ1) is 13.1. The number of amides is 2. The van der Waals surface area contributed by atoms with E-state index in [0.29, 0.717) is 22.9 Å². The number of aryl methyl sites for hydroxylation is 1. The van der Waals surface area contributed by atoms with Crippen LogP contribution in [0.5, 0.6) is 0 Å². The fourth-order valence-corrected chi connectivity index (χ4v) is 2.74. The normalized spacial score (nSPS) is 13.2. The molecular weight excluding hydrogens is 342 g/mol. The fourth-order valence-electron chi connectivity index (χ4n) is 2.74. The van der Waals surface area contributed by atoms with Gasteiger partial charge in [0.2, 0.25) is 5.89 Å². The van der Waals surface area contributed by atoms with Crippen LogP contribution < -0.4 is 10.6 Å². The van der Waals surface area contributed by atoms with Crippen LogP contribution in [0.2, 0.25) is 0 Å². The summed E-state index contributed by atoms with van der Waals surface area (Å²) in [6.07, 6.45) is 2.05. The molecule has 0 unspecified atom stereocenters. The average Bonchev–Trinajstić information content (AvgIpc) is 3.41. The van der Waals surface area contributed by atoms with Crippen molar-refractivity contribution in [2.45, 2.75) is 25.8 Å². The maximum absolute atomic E-state index is 12.6. The van der Waals surface area contributed by atoms with Gasteiger partial charge in [0, 0.05) is 22.9 Å². The molecule has 2 amide bonds. The third-order valence-corrected chi connectivity index (χ3v) is 4.33. The van der Waals surface area contributed by atoms with E-state index in [0.717, 1.165) is 18.4 Å². The molecule has 0 radical (unpaired) electrons. The number of nitrogens with zero attached hydrogens (tertiary/aromatic N) is 1. The second-order valence-electron chi connectivity index (χ2n) is 6.57. The summed E-state index contributed by atoms with van der Waals surface area (Å²) in [5, 5.41) is 5.72. The minimum Gasteiger partial charge on any atom is -0.441 e. The van der Waals surface area contributed by atoms with E-state index in [1.165, 1.54) is 0 Å². The molecule has 136 valence electrons. The minimum atomic E-state index is -0.377. The van der Waals surface area contributed by atoms with Crippen LogP contribution in [-0.4, -0.2) is 22.8 Å². The highest BCUT2D eigenvalue weighted by atomic mass is 16.4. The van der Waals surface area contributed by atoms with Gasteiger partial charge < -0.3 is 15.1 Å². The van der Waals surface area contributed by atoms with E-state index in [1.54, 1.807) is 31.2 Å². The molecule has 27 heavy (non-hydrogen) atoms. The largest absolute Gasteiger partial charge is 0.441 e. The van der Waals surface area contributed by atoms with Crippen molar-refractivity contribution < 1.29 is 14.0 Å². The number of oxazole rings is 1. The van der Waals surface area contributed by atoms with Crippen molar-refractivity contribution in [1.82, 2.24) is 10.3 Å². The lowest BCUT2D eigenvalue weighted by atomic mass is 10.2. The first-order valence-corrected chi connectivity index (χ1v) is 8.85. The van der Waals surface area contributed by atoms with E-state index < -0.39 is 0 Å². The average molecular weight is 361 g/mol. The van der Waals surface area contributed by atoms with Gasteiger partial charge in [0.25, 0.3) is 11.8 Å². The van der Waals surface area contributed by atoms with E-state index in [4.69, 9.17) is 4.42 Å². The topological polar surface area (TPSA) is 84.2 Å². The van der Waals surface area contributed by atoms with Crippen molar-refractivity contribution in [2.75, 3.05) is 5.32 Å². The van der Waals surface area contributed by atoms with Gasteiger partial charge in [0.05, 0.1) is 0 Å². The monoisotopic (exact) mass is 361 g/mol. The summed E-state index contributed by atoms with van der Waals surface area (Å²) in [6.45, 7) is 1.70. The Labute approximate surface area is 156 Å². The van der Waals surface area contributed by atoms with Gasteiger partial charge in [-0.05, 0) is 50.1 Å². The number of benzene rings is 2. The Morgan fingerprint density at radius 1 is 1.04 bits per heavy atom. The number of carbonyl (C=O) groups excluding carboxylic acids is 2. The number of carbonyl (C=O) groups is 2. The number of hydrogen-bond donors (Lipinski definition) is 2. The number of rotatable bonds is 5. The van der Waals surface area contributed by atoms with Gasteiger partial charge >= 0.3 is 0 Å². The molecule has 4 rings (SSSR count). The Bertz CT molecular complexity index is 991. The van der Waals surface area contributed by atoms with Crippen molar-refractivity contribution in [2.24, 2.45) is 0 Å². The summed E-state index contributed by atoms with van der Waals surface area (Å²) in [5.74, 6) is 0.334. The number of aromatic nitrogens is 1. The quantitative estimate of drug-likeness (QED) is 0.724. The van der Waals surface area contributed by atoms with E-state index in [2.05, 4.69) is 15.6 Å². The molecule has 6 nitrogen and oxygen atoms in total. The first kappa shape index (κ1) is 17.0. The van der Waals surface area contributed by atoms with Crippen LogP contribution >= 0.6 is 0 Å². The van der Waals surface area contributed by atoms with Crippen molar-refractivity contribution in [3.05, 3.63) is 71.6 Å². The maximum atomic E-state index is 12.6. The Morgan fingerprint density at radius 2 is 1.81 bits per heavy atom. The van der Waals surface area contributed by atoms with Crippen LogP contribution in [0, 0.1) is 6.92 Å². The van der Waals surface area contributed by atoms with Crippen LogP contribution in [0.15, 0.2) is 59.0 Å². The molecule has 6 heteroatoms. The molecule has 1 aromatic heterocycles. The van der Waals surface area contributed by atoms with Crippen LogP contribution in [-0.2, 0) is 0 Å². The summed E-state index contributed by atoms with van der Waals surface area (Å²) in [5.41, 5.74) is 2.08. The highest BCUT2D eigenvalue weighted by Gasteiger charge is 2.24. The molecule has 2 N–H and O–H groups in total. The Morgan fingerprint density at radius 3 is 2.56 bits per heavy atom. The lowest BCUT2D eigenvalue weighted by Gasteiger charge is -2.07. The lowest BCUT2D eigenvalue weighted by Crippen LogP contribution is -2.25. The molecule has 1 aliphatic carbocycles. The molecule has 0 bridgehead atoms. The van der Waals surface area contributed by atoms with Gasteiger partial charge in [-0.1, -0.05) is 24.3 Å². The molecule has 1 heterocycles. The summed E-state index contributed by atoms with van der Waals surface area (Å²) >= 11 is 0. The number of anilines is 1. The summed E-state index contributed by atoms with van der Waals surface area (Å²) in [7, 11) is 0. The molecule has 1 aliphatic rings. The molecule has 0 atom stereocenters. The molecule has 0 aliphatic heterocycles. The zero-order valence-electron chi connectivity index (χ0n) is 14.9.